The van der Waals surface area contributed by atoms with Crippen LogP contribution in [-0.2, 0) is 0 Å². The SMILES string of the molecule is Cc1cc(Br)c2cnoc2c1. The molecule has 0 spiro atoms. The monoisotopic (exact) mass is 211 g/mol. The molecule has 2 nitrogen and oxygen atoms in total. The van der Waals surface area contributed by atoms with Crippen molar-refractivity contribution in [2.24, 2.45) is 0 Å². The summed E-state index contributed by atoms with van der Waals surface area (Å²) in [5.74, 6) is 0. The summed E-state index contributed by atoms with van der Waals surface area (Å²) in [5, 5.41) is 4.72. The second kappa shape index (κ2) is 2.34. The van der Waals surface area contributed by atoms with E-state index in [2.05, 4.69) is 21.1 Å². The van der Waals surface area contributed by atoms with Gasteiger partial charge in [0.1, 0.15) is 0 Å². The minimum absolute atomic E-state index is 0.830. The predicted molar refractivity (Wildman–Crippen MR) is 46.4 cm³/mol. The van der Waals surface area contributed by atoms with Gasteiger partial charge >= 0.3 is 0 Å². The minimum Gasteiger partial charge on any atom is -0.356 e. The van der Waals surface area contributed by atoms with E-state index in [9.17, 15) is 0 Å². The molecule has 1 aromatic carbocycles. The van der Waals surface area contributed by atoms with Crippen molar-refractivity contribution in [3.8, 4) is 0 Å². The largest absolute Gasteiger partial charge is 0.356 e. The molecule has 0 N–H and O–H groups in total. The maximum absolute atomic E-state index is 5.00. The van der Waals surface area contributed by atoms with Crippen molar-refractivity contribution in [2.75, 3.05) is 0 Å². The van der Waals surface area contributed by atoms with Crippen molar-refractivity contribution in [2.45, 2.75) is 6.92 Å². The van der Waals surface area contributed by atoms with Crippen LogP contribution in [0.5, 0.6) is 0 Å². The second-order valence-corrected chi connectivity index (χ2v) is 3.34. The predicted octanol–water partition coefficient (Wildman–Crippen LogP) is 2.90. The van der Waals surface area contributed by atoms with Crippen molar-refractivity contribution < 1.29 is 4.52 Å². The van der Waals surface area contributed by atoms with Gasteiger partial charge in [0, 0.05) is 4.47 Å². The number of benzene rings is 1. The molecule has 1 heterocycles. The van der Waals surface area contributed by atoms with Crippen LogP contribution in [-0.4, -0.2) is 5.16 Å². The van der Waals surface area contributed by atoms with Crippen molar-refractivity contribution >= 4 is 26.9 Å². The lowest BCUT2D eigenvalue weighted by Gasteiger charge is -1.93. The molecule has 56 valence electrons. The van der Waals surface area contributed by atoms with Crippen LogP contribution >= 0.6 is 15.9 Å². The highest BCUT2D eigenvalue weighted by Crippen LogP contribution is 2.24. The Morgan fingerprint density at radius 1 is 1.45 bits per heavy atom. The Kier molecular flexibility index (Phi) is 1.46. The first kappa shape index (κ1) is 6.85. The molecule has 0 aliphatic carbocycles. The second-order valence-electron chi connectivity index (χ2n) is 2.48. The maximum atomic E-state index is 5.00. The third-order valence-corrected chi connectivity index (χ3v) is 2.22. The summed E-state index contributed by atoms with van der Waals surface area (Å²) >= 11 is 3.43. The number of nitrogens with zero attached hydrogens (tertiary/aromatic N) is 1. The summed E-state index contributed by atoms with van der Waals surface area (Å²) in [6, 6.07) is 4.01. The quantitative estimate of drug-likeness (QED) is 0.670. The molecule has 0 saturated heterocycles. The van der Waals surface area contributed by atoms with Gasteiger partial charge in [0.2, 0.25) is 0 Å². The zero-order valence-electron chi connectivity index (χ0n) is 5.97. The number of halogens is 1. The molecule has 3 heteroatoms. The zero-order valence-corrected chi connectivity index (χ0v) is 7.55. The van der Waals surface area contributed by atoms with Gasteiger partial charge in [-0.25, -0.2) is 0 Å². The molecule has 2 aromatic rings. The van der Waals surface area contributed by atoms with E-state index in [1.165, 1.54) is 5.56 Å². The first-order valence-corrected chi connectivity index (χ1v) is 4.07. The van der Waals surface area contributed by atoms with Crippen LogP contribution in [0.4, 0.5) is 0 Å². The smallest absolute Gasteiger partial charge is 0.168 e. The first-order chi connectivity index (χ1) is 5.27. The van der Waals surface area contributed by atoms with Crippen LogP contribution in [0, 0.1) is 6.92 Å². The van der Waals surface area contributed by atoms with Crippen LogP contribution in [0.1, 0.15) is 5.56 Å². The summed E-state index contributed by atoms with van der Waals surface area (Å²) in [7, 11) is 0. The molecule has 0 bridgehead atoms. The van der Waals surface area contributed by atoms with Gasteiger partial charge in [-0.05, 0) is 40.5 Å². The Morgan fingerprint density at radius 3 is 3.09 bits per heavy atom. The topological polar surface area (TPSA) is 26.0 Å². The number of hydrogen-bond acceptors (Lipinski definition) is 2. The molecule has 0 aliphatic heterocycles. The van der Waals surface area contributed by atoms with E-state index in [1.54, 1.807) is 6.20 Å². The highest BCUT2D eigenvalue weighted by molar-refractivity contribution is 9.10. The Balaban J connectivity index is 2.91. The van der Waals surface area contributed by atoms with Crippen molar-refractivity contribution in [1.29, 1.82) is 0 Å². The molecule has 0 atom stereocenters. The van der Waals surface area contributed by atoms with Gasteiger partial charge in [0.15, 0.2) is 5.58 Å². The van der Waals surface area contributed by atoms with Crippen LogP contribution in [0.15, 0.2) is 27.3 Å². The lowest BCUT2D eigenvalue weighted by molar-refractivity contribution is 0.456. The number of aromatic nitrogens is 1. The van der Waals surface area contributed by atoms with E-state index >= 15 is 0 Å². The van der Waals surface area contributed by atoms with Crippen LogP contribution < -0.4 is 0 Å². The summed E-state index contributed by atoms with van der Waals surface area (Å²) in [5.41, 5.74) is 2.00. The van der Waals surface area contributed by atoms with Gasteiger partial charge in [-0.3, -0.25) is 0 Å². The van der Waals surface area contributed by atoms with Crippen LogP contribution in [0.2, 0.25) is 0 Å². The zero-order chi connectivity index (χ0) is 7.84. The van der Waals surface area contributed by atoms with E-state index in [4.69, 9.17) is 4.52 Å². The summed E-state index contributed by atoms with van der Waals surface area (Å²) in [6.07, 6.45) is 1.71. The average molecular weight is 212 g/mol. The molecule has 0 saturated carbocycles. The average Bonchev–Trinajstić information content (AvgIpc) is 2.34. The molecule has 11 heavy (non-hydrogen) atoms. The Hall–Kier alpha value is -0.830. The highest BCUT2D eigenvalue weighted by Gasteiger charge is 2.02. The lowest BCUT2D eigenvalue weighted by atomic mass is 10.2. The van der Waals surface area contributed by atoms with Gasteiger partial charge in [-0.15, -0.1) is 0 Å². The highest BCUT2D eigenvalue weighted by atomic mass is 79.9. The third-order valence-electron chi connectivity index (χ3n) is 1.57. The van der Waals surface area contributed by atoms with E-state index in [1.807, 2.05) is 19.1 Å². The van der Waals surface area contributed by atoms with Gasteiger partial charge in [0.25, 0.3) is 0 Å². The molecule has 0 aliphatic rings. The molecule has 0 radical (unpaired) electrons. The number of fused-ring (bicyclic) bond motifs is 1. The fraction of sp³-hybridized carbons (Fsp3) is 0.125. The van der Waals surface area contributed by atoms with E-state index in [0.717, 1.165) is 15.4 Å². The molecule has 1 aromatic heterocycles. The van der Waals surface area contributed by atoms with E-state index in [0.29, 0.717) is 0 Å². The van der Waals surface area contributed by atoms with Gasteiger partial charge in [-0.1, -0.05) is 5.16 Å². The standard InChI is InChI=1S/C8H6BrNO/c1-5-2-7(9)6-4-10-11-8(6)3-5/h2-4H,1H3. The summed E-state index contributed by atoms with van der Waals surface area (Å²) in [6.45, 7) is 2.02. The summed E-state index contributed by atoms with van der Waals surface area (Å²) < 4.78 is 6.04. The fourth-order valence-electron chi connectivity index (χ4n) is 1.06. The van der Waals surface area contributed by atoms with Gasteiger partial charge in [-0.2, -0.15) is 0 Å². The van der Waals surface area contributed by atoms with Crippen molar-refractivity contribution in [3.05, 3.63) is 28.4 Å². The Bertz CT molecular complexity index is 394. The van der Waals surface area contributed by atoms with Crippen molar-refractivity contribution in [3.63, 3.8) is 0 Å². The molecule has 2 rings (SSSR count). The normalized spacial score (nSPS) is 10.7. The molecular weight excluding hydrogens is 206 g/mol. The number of hydrogen-bond donors (Lipinski definition) is 0. The van der Waals surface area contributed by atoms with E-state index < -0.39 is 0 Å². The molecule has 0 unspecified atom stereocenters. The van der Waals surface area contributed by atoms with Crippen molar-refractivity contribution in [1.82, 2.24) is 5.16 Å². The summed E-state index contributed by atoms with van der Waals surface area (Å²) in [4.78, 5) is 0. The molecule has 0 fully saturated rings. The Morgan fingerprint density at radius 2 is 2.27 bits per heavy atom. The Labute approximate surface area is 72.3 Å². The first-order valence-electron chi connectivity index (χ1n) is 3.28. The fourth-order valence-corrected chi connectivity index (χ4v) is 1.72. The third kappa shape index (κ3) is 1.05. The number of rotatable bonds is 0. The van der Waals surface area contributed by atoms with Crippen LogP contribution in [0.3, 0.4) is 0 Å². The number of aryl methyl sites for hydroxylation is 1. The van der Waals surface area contributed by atoms with Gasteiger partial charge < -0.3 is 4.52 Å². The maximum Gasteiger partial charge on any atom is 0.168 e. The van der Waals surface area contributed by atoms with E-state index in [-0.39, 0.29) is 0 Å². The molecular formula is C8H6BrNO. The van der Waals surface area contributed by atoms with Gasteiger partial charge in [0.05, 0.1) is 11.6 Å². The lowest BCUT2D eigenvalue weighted by Crippen LogP contribution is -1.72. The molecule has 0 amide bonds. The minimum atomic E-state index is 0.830. The van der Waals surface area contributed by atoms with Crippen LogP contribution in [0.25, 0.3) is 11.0 Å².